The van der Waals surface area contributed by atoms with Gasteiger partial charge in [-0.05, 0) is 24.1 Å². The van der Waals surface area contributed by atoms with Crippen LogP contribution in [0.15, 0.2) is 54.8 Å². The molecule has 0 unspecified atom stereocenters. The lowest BCUT2D eigenvalue weighted by Crippen LogP contribution is -1.95. The van der Waals surface area contributed by atoms with E-state index in [4.69, 9.17) is 4.74 Å². The van der Waals surface area contributed by atoms with E-state index in [1.165, 1.54) is 36.7 Å². The van der Waals surface area contributed by atoms with Gasteiger partial charge in [-0.15, -0.1) is 0 Å². The van der Waals surface area contributed by atoms with E-state index in [0.717, 1.165) is 18.6 Å². The number of unbranched alkanes of at least 4 members (excludes halogenated alkanes) is 1. The van der Waals surface area contributed by atoms with Gasteiger partial charge in [0.25, 0.3) is 0 Å². The lowest BCUT2D eigenvalue weighted by molar-refractivity contribution is 0.141. The van der Waals surface area contributed by atoms with Crippen LogP contribution in [0, 0.1) is 17.5 Å². The number of hydrogen-bond acceptors (Lipinski definition) is 3. The van der Waals surface area contributed by atoms with Gasteiger partial charge < -0.3 is 4.74 Å². The molecule has 0 bridgehead atoms. The number of rotatable bonds is 7. The maximum absolute atomic E-state index is 14.1. The number of ether oxygens (including phenoxy) is 1. The predicted octanol–water partition coefficient (Wildman–Crippen LogP) is 6.61. The summed E-state index contributed by atoms with van der Waals surface area (Å²) in [6.45, 7) is 2.00. The van der Waals surface area contributed by atoms with Crippen LogP contribution in [0.3, 0.4) is 0 Å². The summed E-state index contributed by atoms with van der Waals surface area (Å²) in [6.07, 6.45) is 4.06. The first kappa shape index (κ1) is 21.4. The number of hydrogen-bond donors (Lipinski definition) is 0. The van der Waals surface area contributed by atoms with E-state index in [1.54, 1.807) is 0 Å². The predicted molar refractivity (Wildman–Crippen MR) is 103 cm³/mol. The molecule has 0 N–H and O–H groups in total. The zero-order chi connectivity index (χ0) is 21.7. The van der Waals surface area contributed by atoms with Gasteiger partial charge in [0.2, 0.25) is 5.83 Å². The fourth-order valence-corrected chi connectivity index (χ4v) is 2.60. The summed E-state index contributed by atoms with van der Waals surface area (Å²) in [7, 11) is 0. The highest BCUT2D eigenvalue weighted by Crippen LogP contribution is 2.26. The molecule has 0 aliphatic heterocycles. The molecule has 3 nitrogen and oxygen atoms in total. The Morgan fingerprint density at radius 1 is 0.867 bits per heavy atom. The third-order valence-electron chi connectivity index (χ3n) is 4.26. The second-order valence-electron chi connectivity index (χ2n) is 6.42. The van der Waals surface area contributed by atoms with Crippen LogP contribution in [0.1, 0.15) is 25.3 Å². The molecule has 0 aliphatic carbocycles. The van der Waals surface area contributed by atoms with Crippen LogP contribution in [0.5, 0.6) is 0 Å². The van der Waals surface area contributed by atoms with Crippen LogP contribution in [-0.2, 0) is 4.74 Å². The molecule has 1 aromatic heterocycles. The zero-order valence-electron chi connectivity index (χ0n) is 15.9. The average Bonchev–Trinajstić information content (AvgIpc) is 2.77. The average molecular weight is 420 g/mol. The molecule has 0 amide bonds. The van der Waals surface area contributed by atoms with Crippen molar-refractivity contribution in [2.24, 2.45) is 0 Å². The summed E-state index contributed by atoms with van der Waals surface area (Å²) in [6, 6.07) is 6.14. The quantitative estimate of drug-likeness (QED) is 0.187. The van der Waals surface area contributed by atoms with E-state index >= 15 is 0 Å². The van der Waals surface area contributed by atoms with Crippen molar-refractivity contribution >= 4 is 5.83 Å². The molecule has 0 saturated heterocycles. The Labute approximate surface area is 169 Å². The monoisotopic (exact) mass is 420 g/mol. The van der Waals surface area contributed by atoms with Crippen molar-refractivity contribution in [3.05, 3.63) is 77.8 Å². The Morgan fingerprint density at radius 3 is 2.03 bits per heavy atom. The minimum absolute atomic E-state index is 0.00151. The molecule has 0 atom stereocenters. The molecule has 2 aromatic carbocycles. The van der Waals surface area contributed by atoms with Gasteiger partial charge in [0.05, 0.1) is 6.61 Å². The SMILES string of the molecule is CCCCO/C(F)=C(\F)c1ccc(-c2ncc(-c3cc(F)c(F)c(F)c3)cn2)cc1. The van der Waals surface area contributed by atoms with Crippen molar-refractivity contribution in [2.45, 2.75) is 19.8 Å². The number of aromatic nitrogens is 2. The molecular weight excluding hydrogens is 403 g/mol. The molecule has 0 radical (unpaired) electrons. The summed E-state index contributed by atoms with van der Waals surface area (Å²) in [4.78, 5) is 8.22. The summed E-state index contributed by atoms with van der Waals surface area (Å²) >= 11 is 0. The Balaban J connectivity index is 1.78. The van der Waals surface area contributed by atoms with Crippen molar-refractivity contribution in [3.63, 3.8) is 0 Å². The molecule has 3 aromatic rings. The minimum atomic E-state index is -1.55. The summed E-state index contributed by atoms with van der Waals surface area (Å²) < 4.78 is 72.4. The molecule has 8 heteroatoms. The second kappa shape index (κ2) is 9.47. The Hall–Kier alpha value is -3.29. The van der Waals surface area contributed by atoms with E-state index in [0.29, 0.717) is 12.0 Å². The van der Waals surface area contributed by atoms with Gasteiger partial charge in [0.15, 0.2) is 23.3 Å². The number of nitrogens with zero attached hydrogens (tertiary/aromatic N) is 2. The summed E-state index contributed by atoms with van der Waals surface area (Å²) in [5.41, 5.74) is 0.885. The normalized spacial score (nSPS) is 11.9. The first-order valence-electron chi connectivity index (χ1n) is 9.16. The largest absolute Gasteiger partial charge is 0.469 e. The maximum atomic E-state index is 14.1. The van der Waals surface area contributed by atoms with Crippen molar-refractivity contribution in [1.29, 1.82) is 0 Å². The molecule has 156 valence electrons. The minimum Gasteiger partial charge on any atom is -0.469 e. The van der Waals surface area contributed by atoms with E-state index in [-0.39, 0.29) is 29.1 Å². The molecule has 0 fully saturated rings. The van der Waals surface area contributed by atoms with Gasteiger partial charge in [0, 0.05) is 29.1 Å². The number of halogens is 5. The van der Waals surface area contributed by atoms with E-state index < -0.39 is 29.3 Å². The van der Waals surface area contributed by atoms with Gasteiger partial charge in [-0.1, -0.05) is 37.6 Å². The Morgan fingerprint density at radius 2 is 1.47 bits per heavy atom. The smallest absolute Gasteiger partial charge is 0.309 e. The van der Waals surface area contributed by atoms with Crippen molar-refractivity contribution in [3.8, 4) is 22.5 Å². The van der Waals surface area contributed by atoms with Gasteiger partial charge in [-0.2, -0.15) is 8.78 Å². The van der Waals surface area contributed by atoms with Crippen LogP contribution in [0.25, 0.3) is 28.3 Å². The molecule has 30 heavy (non-hydrogen) atoms. The summed E-state index contributed by atoms with van der Waals surface area (Å²) in [5, 5.41) is 0. The fraction of sp³-hybridized carbons (Fsp3) is 0.182. The van der Waals surface area contributed by atoms with Crippen molar-refractivity contribution < 1.29 is 26.7 Å². The highest BCUT2D eigenvalue weighted by atomic mass is 19.2. The first-order valence-corrected chi connectivity index (χ1v) is 9.16. The van der Waals surface area contributed by atoms with E-state index in [2.05, 4.69) is 9.97 Å². The van der Waals surface area contributed by atoms with Crippen LogP contribution in [0.2, 0.25) is 0 Å². The van der Waals surface area contributed by atoms with Gasteiger partial charge in [-0.3, -0.25) is 0 Å². The highest BCUT2D eigenvalue weighted by molar-refractivity contribution is 5.66. The fourth-order valence-electron chi connectivity index (χ4n) is 2.60. The third kappa shape index (κ3) is 4.82. The zero-order valence-corrected chi connectivity index (χ0v) is 15.9. The molecule has 3 rings (SSSR count). The van der Waals surface area contributed by atoms with Crippen LogP contribution < -0.4 is 0 Å². The van der Waals surface area contributed by atoms with Crippen LogP contribution >= 0.6 is 0 Å². The molecule has 0 aliphatic rings. The maximum Gasteiger partial charge on any atom is 0.309 e. The van der Waals surface area contributed by atoms with Crippen LogP contribution in [0.4, 0.5) is 22.0 Å². The van der Waals surface area contributed by atoms with Crippen molar-refractivity contribution in [2.75, 3.05) is 6.61 Å². The second-order valence-corrected chi connectivity index (χ2v) is 6.42. The van der Waals surface area contributed by atoms with Gasteiger partial charge in [0.1, 0.15) is 0 Å². The molecule has 0 spiro atoms. The summed E-state index contributed by atoms with van der Waals surface area (Å²) in [5.74, 6) is -5.02. The van der Waals surface area contributed by atoms with E-state index in [9.17, 15) is 22.0 Å². The van der Waals surface area contributed by atoms with E-state index in [1.807, 2.05) is 6.92 Å². The highest BCUT2D eigenvalue weighted by Gasteiger charge is 2.13. The standard InChI is InChI=1S/C22H17F5N2O/c1-2-3-8-30-21(27)19(25)13-4-6-14(7-5-13)22-28-11-16(12-29-22)15-9-17(23)20(26)18(24)10-15/h4-7,9-12H,2-3,8H2,1H3/b21-19-. The van der Waals surface area contributed by atoms with Crippen LogP contribution in [-0.4, -0.2) is 16.6 Å². The van der Waals surface area contributed by atoms with Gasteiger partial charge >= 0.3 is 6.01 Å². The molecule has 1 heterocycles. The lowest BCUT2D eigenvalue weighted by atomic mass is 10.1. The first-order chi connectivity index (χ1) is 14.4. The lowest BCUT2D eigenvalue weighted by Gasteiger charge is -2.06. The van der Waals surface area contributed by atoms with Gasteiger partial charge in [-0.25, -0.2) is 23.1 Å². The number of benzene rings is 2. The third-order valence-corrected chi connectivity index (χ3v) is 4.26. The van der Waals surface area contributed by atoms with Crippen molar-refractivity contribution in [1.82, 2.24) is 9.97 Å². The molecule has 0 saturated carbocycles. The molecular formula is C22H17F5N2O. The Kier molecular flexibility index (Phi) is 6.76. The topological polar surface area (TPSA) is 35.0 Å². The Bertz CT molecular complexity index is 1030.